The highest BCUT2D eigenvalue weighted by atomic mass is 35.5. The van der Waals surface area contributed by atoms with Gasteiger partial charge in [-0.05, 0) is 12.5 Å². The molecule has 0 spiro atoms. The molecule has 84 valence electrons. The van der Waals surface area contributed by atoms with Crippen LogP contribution in [0, 0.1) is 0 Å². The Morgan fingerprint density at radius 1 is 1.56 bits per heavy atom. The van der Waals surface area contributed by atoms with Crippen LogP contribution in [0.25, 0.3) is 0 Å². The first kappa shape index (κ1) is 9.93. The van der Waals surface area contributed by atoms with Crippen LogP contribution >= 0.6 is 11.6 Å². The van der Waals surface area contributed by atoms with Gasteiger partial charge < -0.3 is 9.64 Å². The van der Waals surface area contributed by atoms with Crippen LogP contribution in [0.15, 0.2) is 34.7 Å². The molecule has 0 unspecified atom stereocenters. The normalized spacial score (nSPS) is 28.3. The number of carbonyl (C=O) groups is 1. The van der Waals surface area contributed by atoms with E-state index in [1.165, 1.54) is 0 Å². The largest absolute Gasteiger partial charge is 0.476 e. The van der Waals surface area contributed by atoms with E-state index in [2.05, 4.69) is 5.32 Å². The van der Waals surface area contributed by atoms with Gasteiger partial charge in [0.05, 0.1) is 17.8 Å². The van der Waals surface area contributed by atoms with Gasteiger partial charge in [-0.3, -0.25) is 10.1 Å². The molecule has 5 heteroatoms. The topological polar surface area (TPSA) is 41.6 Å². The van der Waals surface area contributed by atoms with Crippen molar-refractivity contribution in [2.45, 2.75) is 12.6 Å². The summed E-state index contributed by atoms with van der Waals surface area (Å²) in [6, 6.07) is 0. The van der Waals surface area contributed by atoms with Gasteiger partial charge in [-0.1, -0.05) is 17.7 Å². The number of hydrogen-bond donors (Lipinski definition) is 1. The summed E-state index contributed by atoms with van der Waals surface area (Å²) in [7, 11) is 0. The van der Waals surface area contributed by atoms with Crippen LogP contribution in [0.3, 0.4) is 0 Å². The Morgan fingerprint density at radius 3 is 3.31 bits per heavy atom. The van der Waals surface area contributed by atoms with Gasteiger partial charge in [-0.2, -0.15) is 0 Å². The van der Waals surface area contributed by atoms with Crippen molar-refractivity contribution in [2.75, 3.05) is 13.1 Å². The number of nitrogens with zero attached hydrogens (tertiary/aromatic N) is 1. The third kappa shape index (κ3) is 1.45. The van der Waals surface area contributed by atoms with E-state index >= 15 is 0 Å². The number of fused-ring (bicyclic) bond motifs is 2. The van der Waals surface area contributed by atoms with Crippen molar-refractivity contribution in [2.24, 2.45) is 0 Å². The third-order valence-corrected chi connectivity index (χ3v) is 3.09. The molecule has 3 rings (SSSR count). The summed E-state index contributed by atoms with van der Waals surface area (Å²) >= 11 is 5.92. The van der Waals surface area contributed by atoms with Crippen molar-refractivity contribution in [3.05, 3.63) is 34.7 Å². The van der Waals surface area contributed by atoms with E-state index in [0.717, 1.165) is 18.7 Å². The number of ether oxygens (including phenoxy) is 1. The van der Waals surface area contributed by atoms with Gasteiger partial charge in [0.25, 0.3) is 5.91 Å². The molecule has 1 atom stereocenters. The molecule has 0 aromatic rings. The molecule has 16 heavy (non-hydrogen) atoms. The highest BCUT2D eigenvalue weighted by molar-refractivity contribution is 6.30. The number of halogens is 1. The summed E-state index contributed by atoms with van der Waals surface area (Å²) < 4.78 is 5.53. The number of nitrogens with one attached hydrogen (secondary N) is 1. The second-order valence-corrected chi connectivity index (χ2v) is 4.43. The lowest BCUT2D eigenvalue weighted by atomic mass is 10.1. The molecule has 0 aliphatic carbocycles. The van der Waals surface area contributed by atoms with Crippen molar-refractivity contribution in [1.82, 2.24) is 10.2 Å². The van der Waals surface area contributed by atoms with E-state index in [4.69, 9.17) is 16.3 Å². The van der Waals surface area contributed by atoms with Gasteiger partial charge in [0.2, 0.25) is 0 Å². The fraction of sp³-hybridized carbons (Fsp3) is 0.364. The van der Waals surface area contributed by atoms with E-state index in [0.29, 0.717) is 17.2 Å². The van der Waals surface area contributed by atoms with Crippen LogP contribution in [0.5, 0.6) is 0 Å². The van der Waals surface area contributed by atoms with Gasteiger partial charge in [-0.25, -0.2) is 0 Å². The minimum absolute atomic E-state index is 0.0205. The van der Waals surface area contributed by atoms with Gasteiger partial charge in [0, 0.05) is 11.6 Å². The Hall–Kier alpha value is -1.26. The Bertz CT molecular complexity index is 439. The maximum Gasteiger partial charge on any atom is 0.259 e. The fourth-order valence-electron chi connectivity index (χ4n) is 2.09. The smallest absolute Gasteiger partial charge is 0.259 e. The van der Waals surface area contributed by atoms with E-state index in [1.807, 2.05) is 6.08 Å². The first-order valence-corrected chi connectivity index (χ1v) is 5.60. The van der Waals surface area contributed by atoms with Gasteiger partial charge in [-0.15, -0.1) is 0 Å². The lowest BCUT2D eigenvalue weighted by Crippen LogP contribution is -2.41. The number of amides is 1. The van der Waals surface area contributed by atoms with Crippen LogP contribution in [-0.4, -0.2) is 30.1 Å². The second-order valence-electron chi connectivity index (χ2n) is 3.94. The fourth-order valence-corrected chi connectivity index (χ4v) is 2.32. The number of allylic oxidation sites excluding steroid dienone is 1. The molecule has 0 saturated carbocycles. The predicted octanol–water partition coefficient (Wildman–Crippen LogP) is 1.07. The van der Waals surface area contributed by atoms with Crippen LogP contribution in [-0.2, 0) is 9.53 Å². The van der Waals surface area contributed by atoms with Crippen molar-refractivity contribution in [1.29, 1.82) is 0 Å². The molecule has 3 aliphatic heterocycles. The standard InChI is InChI=1S/C11H11ClN2O2/c12-7-4-8-6-16-10-9(2-1-3-13-10)11(15)14(8)5-7/h2,4,6,10,13H,1,3,5H2/t10-/m1/s1. The highest BCUT2D eigenvalue weighted by Crippen LogP contribution is 2.29. The van der Waals surface area contributed by atoms with Crippen LogP contribution in [0.2, 0.25) is 0 Å². The molecule has 0 saturated heterocycles. The maximum absolute atomic E-state index is 12.2. The Balaban J connectivity index is 1.99. The van der Waals surface area contributed by atoms with E-state index in [9.17, 15) is 4.79 Å². The monoisotopic (exact) mass is 238 g/mol. The quantitative estimate of drug-likeness (QED) is 0.687. The molecular weight excluding hydrogens is 228 g/mol. The molecule has 0 aromatic heterocycles. The molecular formula is C11H11ClN2O2. The molecule has 0 radical (unpaired) electrons. The van der Waals surface area contributed by atoms with E-state index in [1.54, 1.807) is 17.2 Å². The minimum atomic E-state index is -0.313. The van der Waals surface area contributed by atoms with E-state index < -0.39 is 0 Å². The molecule has 3 aliphatic rings. The van der Waals surface area contributed by atoms with E-state index in [-0.39, 0.29) is 12.1 Å². The summed E-state index contributed by atoms with van der Waals surface area (Å²) in [6.45, 7) is 1.28. The van der Waals surface area contributed by atoms with Gasteiger partial charge in [0.15, 0.2) is 6.23 Å². The van der Waals surface area contributed by atoms with Crippen molar-refractivity contribution < 1.29 is 9.53 Å². The molecule has 1 amide bonds. The molecule has 1 N–H and O–H groups in total. The number of rotatable bonds is 0. The summed E-state index contributed by atoms with van der Waals surface area (Å²) in [5, 5.41) is 3.81. The zero-order chi connectivity index (χ0) is 11.1. The van der Waals surface area contributed by atoms with Gasteiger partial charge >= 0.3 is 0 Å². The molecule has 3 heterocycles. The van der Waals surface area contributed by atoms with Crippen molar-refractivity contribution in [3.63, 3.8) is 0 Å². The zero-order valence-electron chi connectivity index (χ0n) is 8.57. The molecule has 0 fully saturated rings. The molecule has 0 bridgehead atoms. The first-order chi connectivity index (χ1) is 7.75. The lowest BCUT2D eigenvalue weighted by Gasteiger charge is -2.23. The Kier molecular flexibility index (Phi) is 2.26. The number of hydrogen-bond acceptors (Lipinski definition) is 3. The SMILES string of the molecule is O=C1C2=CCCN[C@@H]2OC=C2C=C(Cl)CN12. The summed E-state index contributed by atoms with van der Waals surface area (Å²) in [5.41, 5.74) is 1.41. The summed E-state index contributed by atoms with van der Waals surface area (Å²) in [6.07, 6.45) is 5.83. The van der Waals surface area contributed by atoms with Crippen LogP contribution in [0.4, 0.5) is 0 Å². The minimum Gasteiger partial charge on any atom is -0.476 e. The Labute approximate surface area is 98.2 Å². The van der Waals surface area contributed by atoms with Crippen molar-refractivity contribution in [3.8, 4) is 0 Å². The summed E-state index contributed by atoms with van der Waals surface area (Å²) in [5.74, 6) is -0.0205. The Morgan fingerprint density at radius 2 is 2.44 bits per heavy atom. The zero-order valence-corrected chi connectivity index (χ0v) is 9.33. The first-order valence-electron chi connectivity index (χ1n) is 5.23. The average Bonchev–Trinajstić information content (AvgIpc) is 2.62. The summed E-state index contributed by atoms with van der Waals surface area (Å²) in [4.78, 5) is 13.9. The lowest BCUT2D eigenvalue weighted by molar-refractivity contribution is -0.125. The number of carbonyl (C=O) groups excluding carboxylic acids is 1. The van der Waals surface area contributed by atoms with Crippen LogP contribution in [0.1, 0.15) is 6.42 Å². The highest BCUT2D eigenvalue weighted by Gasteiger charge is 2.34. The van der Waals surface area contributed by atoms with Crippen molar-refractivity contribution >= 4 is 17.5 Å². The molecule has 0 aromatic carbocycles. The third-order valence-electron chi connectivity index (χ3n) is 2.86. The predicted molar refractivity (Wildman–Crippen MR) is 59.3 cm³/mol. The maximum atomic E-state index is 12.2. The second kappa shape index (κ2) is 3.64. The van der Waals surface area contributed by atoms with Crippen LogP contribution < -0.4 is 5.32 Å². The molecule has 4 nitrogen and oxygen atoms in total. The van der Waals surface area contributed by atoms with Gasteiger partial charge in [0.1, 0.15) is 6.26 Å². The average molecular weight is 239 g/mol.